The first-order valence-electron chi connectivity index (χ1n) is 8.37. The fourth-order valence-electron chi connectivity index (χ4n) is 2.61. The van der Waals surface area contributed by atoms with Gasteiger partial charge in [0.15, 0.2) is 0 Å². The number of rotatable bonds is 6. The summed E-state index contributed by atoms with van der Waals surface area (Å²) in [6, 6.07) is 14.3. The summed E-state index contributed by atoms with van der Waals surface area (Å²) in [5.74, 6) is 0.427. The summed E-state index contributed by atoms with van der Waals surface area (Å²) in [6.07, 6.45) is 0. The van der Waals surface area contributed by atoms with Crippen molar-refractivity contribution in [2.24, 2.45) is 7.05 Å². The molecule has 0 aliphatic carbocycles. The smallest absolute Gasteiger partial charge is 0.251 e. The number of nitrogens with zero attached hydrogens (tertiary/aromatic N) is 2. The standard InChI is InChI=1S/C20H19Cl2N3O2/c1-13-9-17(25(2)24-13)11-23-20(26)15-5-3-14(4-6-15)12-27-19-8-7-16(21)10-18(19)22/h3-10H,11-12H2,1-2H3,(H,23,26). The van der Waals surface area contributed by atoms with Crippen LogP contribution in [0, 0.1) is 6.92 Å². The molecular weight excluding hydrogens is 385 g/mol. The number of aryl methyl sites for hydroxylation is 2. The van der Waals surface area contributed by atoms with Crippen LogP contribution in [0.5, 0.6) is 5.75 Å². The highest BCUT2D eigenvalue weighted by Gasteiger charge is 2.08. The first kappa shape index (κ1) is 19.3. The van der Waals surface area contributed by atoms with Crippen molar-refractivity contribution < 1.29 is 9.53 Å². The topological polar surface area (TPSA) is 56.1 Å². The van der Waals surface area contributed by atoms with Crippen LogP contribution in [0.15, 0.2) is 48.5 Å². The minimum atomic E-state index is -0.137. The molecule has 2 aromatic carbocycles. The van der Waals surface area contributed by atoms with Crippen LogP contribution >= 0.6 is 23.2 Å². The van der Waals surface area contributed by atoms with Crippen LogP contribution in [0.1, 0.15) is 27.3 Å². The molecule has 0 bridgehead atoms. The number of aromatic nitrogens is 2. The molecule has 0 atom stereocenters. The molecule has 1 heterocycles. The highest BCUT2D eigenvalue weighted by atomic mass is 35.5. The lowest BCUT2D eigenvalue weighted by atomic mass is 10.1. The van der Waals surface area contributed by atoms with E-state index in [1.165, 1.54) is 0 Å². The molecule has 0 radical (unpaired) electrons. The molecule has 0 aliphatic heterocycles. The second-order valence-corrected chi connectivity index (χ2v) is 6.99. The van der Waals surface area contributed by atoms with Gasteiger partial charge in [0.1, 0.15) is 12.4 Å². The van der Waals surface area contributed by atoms with Gasteiger partial charge >= 0.3 is 0 Å². The second-order valence-electron chi connectivity index (χ2n) is 6.14. The van der Waals surface area contributed by atoms with Crippen LogP contribution in [0.4, 0.5) is 0 Å². The van der Waals surface area contributed by atoms with Crippen LogP contribution in [0.25, 0.3) is 0 Å². The van der Waals surface area contributed by atoms with Gasteiger partial charge in [0.25, 0.3) is 5.91 Å². The summed E-state index contributed by atoms with van der Waals surface area (Å²) < 4.78 is 7.46. The van der Waals surface area contributed by atoms with Crippen molar-refractivity contribution in [3.05, 3.63) is 81.1 Å². The Morgan fingerprint density at radius 3 is 2.52 bits per heavy atom. The zero-order valence-electron chi connectivity index (χ0n) is 15.0. The van der Waals surface area contributed by atoms with Gasteiger partial charge in [0.05, 0.1) is 23.0 Å². The minimum absolute atomic E-state index is 0.137. The quantitative estimate of drug-likeness (QED) is 0.656. The summed E-state index contributed by atoms with van der Waals surface area (Å²) in [4.78, 5) is 12.3. The van der Waals surface area contributed by atoms with E-state index in [1.807, 2.05) is 32.2 Å². The number of amides is 1. The molecule has 1 aromatic heterocycles. The number of nitrogens with one attached hydrogen (secondary N) is 1. The molecule has 0 unspecified atom stereocenters. The number of hydrogen-bond donors (Lipinski definition) is 1. The van der Waals surface area contributed by atoms with Crippen molar-refractivity contribution >= 4 is 29.1 Å². The van der Waals surface area contributed by atoms with E-state index >= 15 is 0 Å². The highest BCUT2D eigenvalue weighted by Crippen LogP contribution is 2.28. The van der Waals surface area contributed by atoms with Crippen molar-refractivity contribution in [2.75, 3.05) is 0 Å². The Balaban J connectivity index is 1.56. The number of carbonyl (C=O) groups excluding carboxylic acids is 1. The summed E-state index contributed by atoms with van der Waals surface area (Å²) in [5, 5.41) is 8.18. The van der Waals surface area contributed by atoms with E-state index in [9.17, 15) is 4.79 Å². The summed E-state index contributed by atoms with van der Waals surface area (Å²) in [6.45, 7) is 2.69. The number of carbonyl (C=O) groups is 1. The first-order chi connectivity index (χ1) is 12.9. The maximum atomic E-state index is 12.3. The van der Waals surface area contributed by atoms with Gasteiger partial charge in [-0.1, -0.05) is 35.3 Å². The number of ether oxygens (including phenoxy) is 1. The van der Waals surface area contributed by atoms with Gasteiger partial charge in [-0.25, -0.2) is 0 Å². The minimum Gasteiger partial charge on any atom is -0.487 e. The normalized spacial score (nSPS) is 10.7. The van der Waals surface area contributed by atoms with Gasteiger partial charge < -0.3 is 10.1 Å². The predicted octanol–water partition coefficient (Wildman–Crippen LogP) is 4.54. The first-order valence-corrected chi connectivity index (χ1v) is 9.12. The Kier molecular flexibility index (Phi) is 6.04. The molecule has 1 amide bonds. The summed E-state index contributed by atoms with van der Waals surface area (Å²) in [7, 11) is 1.86. The number of hydrogen-bond acceptors (Lipinski definition) is 3. The molecule has 0 spiro atoms. The number of halogens is 2. The van der Waals surface area contributed by atoms with E-state index in [0.717, 1.165) is 17.0 Å². The van der Waals surface area contributed by atoms with Crippen LogP contribution in [0.2, 0.25) is 10.0 Å². The molecule has 1 N–H and O–H groups in total. The van der Waals surface area contributed by atoms with Gasteiger partial charge in [-0.2, -0.15) is 5.10 Å². The fraction of sp³-hybridized carbons (Fsp3) is 0.200. The molecule has 3 aromatic rings. The molecule has 0 saturated heterocycles. The Labute approximate surface area is 167 Å². The van der Waals surface area contributed by atoms with E-state index in [4.69, 9.17) is 27.9 Å². The van der Waals surface area contributed by atoms with Crippen LogP contribution < -0.4 is 10.1 Å². The van der Waals surface area contributed by atoms with Gasteiger partial charge in [-0.15, -0.1) is 0 Å². The van der Waals surface area contributed by atoms with Gasteiger partial charge in [0, 0.05) is 17.6 Å². The molecule has 0 saturated carbocycles. The van der Waals surface area contributed by atoms with Gasteiger partial charge in [-0.05, 0) is 48.9 Å². The molecule has 3 rings (SSSR count). The van der Waals surface area contributed by atoms with E-state index in [0.29, 0.717) is 34.5 Å². The zero-order chi connectivity index (χ0) is 19.4. The van der Waals surface area contributed by atoms with E-state index < -0.39 is 0 Å². The molecule has 7 heteroatoms. The lowest BCUT2D eigenvalue weighted by molar-refractivity contribution is 0.0950. The van der Waals surface area contributed by atoms with E-state index in [2.05, 4.69) is 10.4 Å². The van der Waals surface area contributed by atoms with Crippen LogP contribution in [-0.4, -0.2) is 15.7 Å². The lowest BCUT2D eigenvalue weighted by Crippen LogP contribution is -2.24. The zero-order valence-corrected chi connectivity index (χ0v) is 16.5. The molecule has 140 valence electrons. The van der Waals surface area contributed by atoms with Crippen molar-refractivity contribution in [2.45, 2.75) is 20.1 Å². The van der Waals surface area contributed by atoms with Crippen molar-refractivity contribution in [3.8, 4) is 5.75 Å². The molecular formula is C20H19Cl2N3O2. The Morgan fingerprint density at radius 1 is 1.15 bits per heavy atom. The van der Waals surface area contributed by atoms with Gasteiger partial charge in [-0.3, -0.25) is 9.48 Å². The van der Waals surface area contributed by atoms with Crippen molar-refractivity contribution in [1.82, 2.24) is 15.1 Å². The monoisotopic (exact) mass is 403 g/mol. The highest BCUT2D eigenvalue weighted by molar-refractivity contribution is 6.35. The molecule has 0 aliphatic rings. The third-order valence-electron chi connectivity index (χ3n) is 4.03. The fourth-order valence-corrected chi connectivity index (χ4v) is 3.07. The average molecular weight is 404 g/mol. The Bertz CT molecular complexity index is 952. The SMILES string of the molecule is Cc1cc(CNC(=O)c2ccc(COc3ccc(Cl)cc3Cl)cc2)n(C)n1. The maximum Gasteiger partial charge on any atom is 0.251 e. The molecule has 5 nitrogen and oxygen atoms in total. The average Bonchev–Trinajstić information content (AvgIpc) is 2.96. The van der Waals surface area contributed by atoms with E-state index in [-0.39, 0.29) is 5.91 Å². The lowest BCUT2D eigenvalue weighted by Gasteiger charge is -2.09. The second kappa shape index (κ2) is 8.46. The van der Waals surface area contributed by atoms with Gasteiger partial charge in [0.2, 0.25) is 0 Å². The summed E-state index contributed by atoms with van der Waals surface area (Å²) >= 11 is 12.0. The third kappa shape index (κ3) is 5.02. The number of benzene rings is 2. The predicted molar refractivity (Wildman–Crippen MR) is 106 cm³/mol. The largest absolute Gasteiger partial charge is 0.487 e. The maximum absolute atomic E-state index is 12.3. The summed E-state index contributed by atoms with van der Waals surface area (Å²) in [5.41, 5.74) is 3.39. The molecule has 27 heavy (non-hydrogen) atoms. The van der Waals surface area contributed by atoms with Crippen molar-refractivity contribution in [3.63, 3.8) is 0 Å². The van der Waals surface area contributed by atoms with Crippen LogP contribution in [0.3, 0.4) is 0 Å². The molecule has 0 fully saturated rings. The van der Waals surface area contributed by atoms with Crippen molar-refractivity contribution in [1.29, 1.82) is 0 Å². The van der Waals surface area contributed by atoms with Crippen LogP contribution in [-0.2, 0) is 20.2 Å². The third-order valence-corrected chi connectivity index (χ3v) is 4.56. The Hall–Kier alpha value is -2.50. The Morgan fingerprint density at radius 2 is 1.89 bits per heavy atom. The van der Waals surface area contributed by atoms with E-state index in [1.54, 1.807) is 35.0 Å².